The van der Waals surface area contributed by atoms with Gasteiger partial charge >= 0.3 is 5.97 Å². The van der Waals surface area contributed by atoms with Crippen LogP contribution < -0.4 is 5.32 Å². The van der Waals surface area contributed by atoms with Crippen molar-refractivity contribution in [2.45, 2.75) is 43.7 Å². The molecule has 0 aliphatic heterocycles. The van der Waals surface area contributed by atoms with Crippen LogP contribution in [-0.2, 0) is 9.53 Å². The van der Waals surface area contributed by atoms with Gasteiger partial charge in [-0.3, -0.25) is 4.79 Å². The zero-order chi connectivity index (χ0) is 14.5. The van der Waals surface area contributed by atoms with Crippen LogP contribution in [0.15, 0.2) is 29.2 Å². The first-order valence-electron chi connectivity index (χ1n) is 6.85. The van der Waals surface area contributed by atoms with Crippen LogP contribution in [0, 0.1) is 0 Å². The Labute approximate surface area is 123 Å². The van der Waals surface area contributed by atoms with Crippen molar-refractivity contribution in [2.75, 3.05) is 5.75 Å². The van der Waals surface area contributed by atoms with E-state index in [0.717, 1.165) is 23.5 Å². The van der Waals surface area contributed by atoms with Gasteiger partial charge in [-0.15, -0.1) is 11.8 Å². The number of hydrogen-bond acceptors (Lipinski definition) is 4. The summed E-state index contributed by atoms with van der Waals surface area (Å²) < 4.78 is 5.25. The summed E-state index contributed by atoms with van der Waals surface area (Å²) in [6, 6.07) is 7.57. The molecule has 1 aromatic rings. The smallest absolute Gasteiger partial charge is 0.340 e. The van der Waals surface area contributed by atoms with E-state index in [-0.39, 0.29) is 11.9 Å². The molecule has 0 radical (unpaired) electrons. The Morgan fingerprint density at radius 1 is 1.40 bits per heavy atom. The van der Waals surface area contributed by atoms with Crippen molar-refractivity contribution >= 4 is 23.6 Å². The summed E-state index contributed by atoms with van der Waals surface area (Å²) in [5.74, 6) is 0.212. The standard InChI is InChI=1S/C15H19NO3S/c1-3-20-13-7-5-4-6-12(13)15(18)19-10(2)14(17)16-11-8-9-11/h4-7,10-11H,3,8-9H2,1-2H3,(H,16,17)/t10-/m1/s1. The van der Waals surface area contributed by atoms with Gasteiger partial charge in [-0.05, 0) is 37.7 Å². The summed E-state index contributed by atoms with van der Waals surface area (Å²) in [5, 5.41) is 2.83. The predicted octanol–water partition coefficient (Wildman–Crippen LogP) is 2.62. The number of carbonyl (C=O) groups is 2. The quantitative estimate of drug-likeness (QED) is 0.647. The molecule has 4 nitrogen and oxygen atoms in total. The summed E-state index contributed by atoms with van der Waals surface area (Å²) in [6.07, 6.45) is 1.27. The lowest BCUT2D eigenvalue weighted by molar-refractivity contribution is -0.129. The van der Waals surface area contributed by atoms with Crippen LogP contribution in [0.2, 0.25) is 0 Å². The summed E-state index contributed by atoms with van der Waals surface area (Å²) in [5.41, 5.74) is 0.519. The normalized spacial score (nSPS) is 15.5. The van der Waals surface area contributed by atoms with E-state index in [1.165, 1.54) is 0 Å². The highest BCUT2D eigenvalue weighted by Crippen LogP contribution is 2.23. The molecule has 1 fully saturated rings. The molecule has 1 aromatic carbocycles. The fourth-order valence-corrected chi connectivity index (χ4v) is 2.53. The zero-order valence-electron chi connectivity index (χ0n) is 11.7. The molecular weight excluding hydrogens is 274 g/mol. The number of rotatable bonds is 6. The largest absolute Gasteiger partial charge is 0.449 e. The lowest BCUT2D eigenvalue weighted by Gasteiger charge is -2.14. The van der Waals surface area contributed by atoms with Crippen LogP contribution in [0.5, 0.6) is 0 Å². The van der Waals surface area contributed by atoms with Crippen molar-refractivity contribution in [1.29, 1.82) is 0 Å². The highest BCUT2D eigenvalue weighted by Gasteiger charge is 2.27. The molecule has 2 rings (SSSR count). The summed E-state index contributed by atoms with van der Waals surface area (Å²) in [7, 11) is 0. The first-order chi connectivity index (χ1) is 9.61. The van der Waals surface area contributed by atoms with Gasteiger partial charge in [0, 0.05) is 10.9 Å². The number of thioether (sulfide) groups is 1. The molecule has 0 spiro atoms. The average molecular weight is 293 g/mol. The van der Waals surface area contributed by atoms with Gasteiger partial charge in [0.1, 0.15) is 0 Å². The third kappa shape index (κ3) is 4.00. The van der Waals surface area contributed by atoms with Gasteiger partial charge in [-0.2, -0.15) is 0 Å². The maximum atomic E-state index is 12.1. The van der Waals surface area contributed by atoms with Crippen LogP contribution in [0.1, 0.15) is 37.0 Å². The van der Waals surface area contributed by atoms with E-state index in [9.17, 15) is 9.59 Å². The molecule has 0 saturated heterocycles. The highest BCUT2D eigenvalue weighted by atomic mass is 32.2. The van der Waals surface area contributed by atoms with Crippen LogP contribution in [0.3, 0.4) is 0 Å². The molecule has 5 heteroatoms. The van der Waals surface area contributed by atoms with Gasteiger partial charge < -0.3 is 10.1 Å². The molecule has 20 heavy (non-hydrogen) atoms. The lowest BCUT2D eigenvalue weighted by atomic mass is 10.2. The lowest BCUT2D eigenvalue weighted by Crippen LogP contribution is -2.37. The second-order valence-electron chi connectivity index (χ2n) is 4.76. The number of benzene rings is 1. The van der Waals surface area contributed by atoms with Gasteiger partial charge in [-0.25, -0.2) is 4.79 Å². The van der Waals surface area contributed by atoms with Gasteiger partial charge in [0.2, 0.25) is 0 Å². The Balaban J connectivity index is 1.98. The van der Waals surface area contributed by atoms with E-state index in [0.29, 0.717) is 5.56 Å². The molecule has 108 valence electrons. The molecule has 1 atom stereocenters. The Morgan fingerprint density at radius 3 is 2.75 bits per heavy atom. The molecule has 1 amide bonds. The Bertz CT molecular complexity index is 500. The average Bonchev–Trinajstić information content (AvgIpc) is 3.23. The predicted molar refractivity (Wildman–Crippen MR) is 78.9 cm³/mol. The Kier molecular flexibility index (Phi) is 5.06. The first kappa shape index (κ1) is 14.9. The monoisotopic (exact) mass is 293 g/mol. The molecule has 1 N–H and O–H groups in total. The minimum absolute atomic E-state index is 0.221. The number of esters is 1. The minimum Gasteiger partial charge on any atom is -0.449 e. The second-order valence-corrected chi connectivity index (χ2v) is 6.07. The molecule has 1 aliphatic carbocycles. The first-order valence-corrected chi connectivity index (χ1v) is 7.83. The topological polar surface area (TPSA) is 55.4 Å². The maximum absolute atomic E-state index is 12.1. The van der Waals surface area contributed by atoms with Gasteiger partial charge in [0.25, 0.3) is 5.91 Å². The molecule has 0 unspecified atom stereocenters. The van der Waals surface area contributed by atoms with Crippen molar-refractivity contribution in [3.05, 3.63) is 29.8 Å². The van der Waals surface area contributed by atoms with Crippen molar-refractivity contribution < 1.29 is 14.3 Å². The number of amides is 1. The van der Waals surface area contributed by atoms with Crippen molar-refractivity contribution in [1.82, 2.24) is 5.32 Å². The molecule has 0 bridgehead atoms. The van der Waals surface area contributed by atoms with E-state index in [2.05, 4.69) is 5.32 Å². The number of nitrogens with one attached hydrogen (secondary N) is 1. The highest BCUT2D eigenvalue weighted by molar-refractivity contribution is 7.99. The van der Waals surface area contributed by atoms with E-state index in [4.69, 9.17) is 4.74 Å². The van der Waals surface area contributed by atoms with E-state index in [1.807, 2.05) is 19.1 Å². The van der Waals surface area contributed by atoms with Crippen molar-refractivity contribution in [2.24, 2.45) is 0 Å². The van der Waals surface area contributed by atoms with Crippen LogP contribution >= 0.6 is 11.8 Å². The minimum atomic E-state index is -0.761. The van der Waals surface area contributed by atoms with Crippen LogP contribution in [0.25, 0.3) is 0 Å². The van der Waals surface area contributed by atoms with Gasteiger partial charge in [-0.1, -0.05) is 19.1 Å². The Hall–Kier alpha value is -1.49. The molecular formula is C15H19NO3S. The van der Waals surface area contributed by atoms with Crippen LogP contribution in [0.4, 0.5) is 0 Å². The van der Waals surface area contributed by atoms with Crippen LogP contribution in [-0.4, -0.2) is 29.8 Å². The fraction of sp³-hybridized carbons (Fsp3) is 0.467. The molecule has 1 saturated carbocycles. The summed E-state index contributed by atoms with van der Waals surface area (Å²) in [6.45, 7) is 3.63. The van der Waals surface area contributed by atoms with E-state index < -0.39 is 12.1 Å². The fourth-order valence-electron chi connectivity index (χ4n) is 1.74. The SMILES string of the molecule is CCSc1ccccc1C(=O)O[C@H](C)C(=O)NC1CC1. The maximum Gasteiger partial charge on any atom is 0.340 e. The van der Waals surface area contributed by atoms with E-state index in [1.54, 1.807) is 30.8 Å². The van der Waals surface area contributed by atoms with Crippen molar-refractivity contribution in [3.8, 4) is 0 Å². The summed E-state index contributed by atoms with van der Waals surface area (Å²) >= 11 is 1.58. The van der Waals surface area contributed by atoms with Gasteiger partial charge in [0.15, 0.2) is 6.10 Å². The molecule has 0 aromatic heterocycles. The molecule has 1 aliphatic rings. The van der Waals surface area contributed by atoms with Gasteiger partial charge in [0.05, 0.1) is 5.56 Å². The van der Waals surface area contributed by atoms with Crippen molar-refractivity contribution in [3.63, 3.8) is 0 Å². The third-order valence-electron chi connectivity index (χ3n) is 2.98. The number of hydrogen-bond donors (Lipinski definition) is 1. The number of ether oxygens (including phenoxy) is 1. The molecule has 0 heterocycles. The van der Waals surface area contributed by atoms with E-state index >= 15 is 0 Å². The second kappa shape index (κ2) is 6.79. The third-order valence-corrected chi connectivity index (χ3v) is 3.94. The Morgan fingerprint density at radius 2 is 2.10 bits per heavy atom. The summed E-state index contributed by atoms with van der Waals surface area (Å²) in [4.78, 5) is 24.8. The number of carbonyl (C=O) groups excluding carboxylic acids is 2. The zero-order valence-corrected chi connectivity index (χ0v) is 12.5.